The van der Waals surface area contributed by atoms with Crippen molar-refractivity contribution in [1.82, 2.24) is 0 Å². The Balaban J connectivity index is 3.07. The summed E-state index contributed by atoms with van der Waals surface area (Å²) >= 11 is 0. The zero-order valence-corrected chi connectivity index (χ0v) is 9.17. The summed E-state index contributed by atoms with van der Waals surface area (Å²) in [6, 6.07) is 6.25. The maximum atomic E-state index is 9.08. The number of aliphatic hydroxyl groups excluding tert-OH is 1. The molecule has 0 aromatic heterocycles. The molecule has 0 radical (unpaired) electrons. The Morgan fingerprint density at radius 1 is 1.36 bits per heavy atom. The predicted molar refractivity (Wildman–Crippen MR) is 61.3 cm³/mol. The van der Waals surface area contributed by atoms with E-state index in [0.717, 1.165) is 12.0 Å². The average molecular weight is 190 g/mol. The molecule has 0 amide bonds. The van der Waals surface area contributed by atoms with Crippen molar-refractivity contribution < 1.29 is 5.11 Å². The third-order valence-corrected chi connectivity index (χ3v) is 2.66. The van der Waals surface area contributed by atoms with Crippen LogP contribution in [0.2, 0.25) is 0 Å². The molecule has 0 aliphatic rings. The lowest BCUT2D eigenvalue weighted by Gasteiger charge is -2.06. The monoisotopic (exact) mass is 190 g/mol. The first-order valence-electron chi connectivity index (χ1n) is 5.05. The van der Waals surface area contributed by atoms with Crippen LogP contribution in [0, 0.1) is 13.8 Å². The van der Waals surface area contributed by atoms with Crippen molar-refractivity contribution >= 4 is 6.08 Å². The Morgan fingerprint density at radius 2 is 2.07 bits per heavy atom. The van der Waals surface area contributed by atoms with Crippen LogP contribution in [-0.4, -0.2) is 11.7 Å². The van der Waals surface area contributed by atoms with Gasteiger partial charge in [-0.3, -0.25) is 0 Å². The fourth-order valence-corrected chi connectivity index (χ4v) is 1.41. The second-order valence-corrected chi connectivity index (χ2v) is 3.60. The van der Waals surface area contributed by atoms with Gasteiger partial charge in [0.15, 0.2) is 0 Å². The van der Waals surface area contributed by atoms with Gasteiger partial charge in [0.2, 0.25) is 0 Å². The molecule has 1 nitrogen and oxygen atoms in total. The summed E-state index contributed by atoms with van der Waals surface area (Å²) in [5, 5.41) is 9.08. The molecule has 0 spiro atoms. The fraction of sp³-hybridized carbons (Fsp3) is 0.385. The van der Waals surface area contributed by atoms with E-state index >= 15 is 0 Å². The molecule has 0 aliphatic carbocycles. The Kier molecular flexibility index (Phi) is 3.90. The van der Waals surface area contributed by atoms with E-state index in [2.05, 4.69) is 45.0 Å². The van der Waals surface area contributed by atoms with Gasteiger partial charge in [-0.15, -0.1) is 0 Å². The highest BCUT2D eigenvalue weighted by atomic mass is 16.3. The lowest BCUT2D eigenvalue weighted by atomic mass is 10.0. The molecule has 14 heavy (non-hydrogen) atoms. The van der Waals surface area contributed by atoms with Gasteiger partial charge in [-0.1, -0.05) is 31.2 Å². The quantitative estimate of drug-likeness (QED) is 0.776. The minimum atomic E-state index is 0.157. The topological polar surface area (TPSA) is 20.2 Å². The van der Waals surface area contributed by atoms with E-state index in [1.54, 1.807) is 0 Å². The first-order valence-corrected chi connectivity index (χ1v) is 5.05. The van der Waals surface area contributed by atoms with Crippen molar-refractivity contribution in [2.24, 2.45) is 0 Å². The van der Waals surface area contributed by atoms with E-state index in [9.17, 15) is 0 Å². The van der Waals surface area contributed by atoms with Crippen LogP contribution in [0.15, 0.2) is 23.8 Å². The van der Waals surface area contributed by atoms with Gasteiger partial charge >= 0.3 is 0 Å². The van der Waals surface area contributed by atoms with Crippen LogP contribution >= 0.6 is 0 Å². The Bertz CT molecular complexity index is 331. The smallest absolute Gasteiger partial charge is 0.0644 e. The normalized spacial score (nSPS) is 11.9. The first kappa shape index (κ1) is 11.0. The minimum Gasteiger partial charge on any atom is -0.392 e. The largest absolute Gasteiger partial charge is 0.392 e. The molecule has 0 atom stereocenters. The molecule has 0 unspecified atom stereocenters. The number of benzene rings is 1. The Labute approximate surface area is 86.1 Å². The fourth-order valence-electron chi connectivity index (χ4n) is 1.41. The molecule has 0 fully saturated rings. The summed E-state index contributed by atoms with van der Waals surface area (Å²) in [6.07, 6.45) is 2.99. The van der Waals surface area contributed by atoms with Gasteiger partial charge in [0.25, 0.3) is 0 Å². The van der Waals surface area contributed by atoms with E-state index in [-0.39, 0.29) is 6.61 Å². The molecule has 1 rings (SSSR count). The summed E-state index contributed by atoms with van der Waals surface area (Å²) in [5.74, 6) is 0. The maximum Gasteiger partial charge on any atom is 0.0644 e. The SMILES string of the molecule is CC/C(=C/c1cccc(C)c1C)CO. The van der Waals surface area contributed by atoms with Gasteiger partial charge in [0.1, 0.15) is 0 Å². The lowest BCUT2D eigenvalue weighted by molar-refractivity contribution is 0.329. The van der Waals surface area contributed by atoms with Crippen molar-refractivity contribution in [2.75, 3.05) is 6.61 Å². The van der Waals surface area contributed by atoms with Gasteiger partial charge in [-0.25, -0.2) is 0 Å². The predicted octanol–water partition coefficient (Wildman–Crippen LogP) is 3.09. The lowest BCUT2D eigenvalue weighted by Crippen LogP contribution is -1.91. The highest BCUT2D eigenvalue weighted by Gasteiger charge is 1.99. The molecule has 76 valence electrons. The van der Waals surface area contributed by atoms with Crippen LogP contribution in [0.5, 0.6) is 0 Å². The summed E-state index contributed by atoms with van der Waals surface area (Å²) in [5.41, 5.74) is 4.90. The van der Waals surface area contributed by atoms with E-state index in [1.807, 2.05) is 0 Å². The molecule has 1 aromatic rings. The Hall–Kier alpha value is -1.08. The van der Waals surface area contributed by atoms with Gasteiger partial charge in [-0.2, -0.15) is 0 Å². The summed E-state index contributed by atoms with van der Waals surface area (Å²) < 4.78 is 0. The number of rotatable bonds is 3. The summed E-state index contributed by atoms with van der Waals surface area (Å²) in [4.78, 5) is 0. The number of aryl methyl sites for hydroxylation is 1. The highest BCUT2D eigenvalue weighted by molar-refractivity contribution is 5.58. The second kappa shape index (κ2) is 4.97. The van der Waals surface area contributed by atoms with Crippen molar-refractivity contribution in [3.63, 3.8) is 0 Å². The van der Waals surface area contributed by atoms with E-state index in [0.29, 0.717) is 0 Å². The third kappa shape index (κ3) is 2.46. The maximum absolute atomic E-state index is 9.08. The molecule has 0 saturated heterocycles. The molecule has 0 saturated carbocycles. The first-order chi connectivity index (χ1) is 6.69. The summed E-state index contributed by atoms with van der Waals surface area (Å²) in [7, 11) is 0. The zero-order valence-electron chi connectivity index (χ0n) is 9.17. The van der Waals surface area contributed by atoms with Gasteiger partial charge in [0.05, 0.1) is 6.61 Å². The third-order valence-electron chi connectivity index (χ3n) is 2.66. The summed E-state index contributed by atoms with van der Waals surface area (Å²) in [6.45, 7) is 6.44. The van der Waals surface area contributed by atoms with Crippen LogP contribution in [0.3, 0.4) is 0 Å². The van der Waals surface area contributed by atoms with Crippen LogP contribution < -0.4 is 0 Å². The standard InChI is InChI=1S/C13H18O/c1-4-12(9-14)8-13-7-5-6-10(2)11(13)3/h5-8,14H,4,9H2,1-3H3/b12-8-. The molecule has 0 heterocycles. The number of aliphatic hydroxyl groups is 1. The highest BCUT2D eigenvalue weighted by Crippen LogP contribution is 2.16. The van der Waals surface area contributed by atoms with Gasteiger partial charge in [0, 0.05) is 0 Å². The number of hydrogen-bond donors (Lipinski definition) is 1. The zero-order chi connectivity index (χ0) is 10.6. The molecule has 1 heteroatoms. The van der Waals surface area contributed by atoms with E-state index < -0.39 is 0 Å². The Morgan fingerprint density at radius 3 is 2.64 bits per heavy atom. The van der Waals surface area contributed by atoms with Crippen molar-refractivity contribution in [1.29, 1.82) is 0 Å². The van der Waals surface area contributed by atoms with Crippen LogP contribution in [0.25, 0.3) is 6.08 Å². The number of hydrogen-bond acceptors (Lipinski definition) is 1. The van der Waals surface area contributed by atoms with Crippen molar-refractivity contribution in [3.05, 3.63) is 40.5 Å². The second-order valence-electron chi connectivity index (χ2n) is 3.60. The molecule has 0 bridgehead atoms. The minimum absolute atomic E-state index is 0.157. The average Bonchev–Trinajstić information content (AvgIpc) is 2.20. The molecular formula is C13H18O. The molecule has 1 N–H and O–H groups in total. The van der Waals surface area contributed by atoms with Crippen molar-refractivity contribution in [2.45, 2.75) is 27.2 Å². The molecule has 0 aliphatic heterocycles. The van der Waals surface area contributed by atoms with Gasteiger partial charge in [-0.05, 0) is 42.5 Å². The van der Waals surface area contributed by atoms with Crippen LogP contribution in [-0.2, 0) is 0 Å². The van der Waals surface area contributed by atoms with E-state index in [1.165, 1.54) is 16.7 Å². The van der Waals surface area contributed by atoms with Crippen molar-refractivity contribution in [3.8, 4) is 0 Å². The van der Waals surface area contributed by atoms with E-state index in [4.69, 9.17) is 5.11 Å². The molecule has 1 aromatic carbocycles. The van der Waals surface area contributed by atoms with Crippen LogP contribution in [0.4, 0.5) is 0 Å². The van der Waals surface area contributed by atoms with Crippen LogP contribution in [0.1, 0.15) is 30.0 Å². The van der Waals surface area contributed by atoms with Gasteiger partial charge < -0.3 is 5.11 Å². The molecular weight excluding hydrogens is 172 g/mol.